The lowest BCUT2D eigenvalue weighted by molar-refractivity contribution is 0.0895. The number of fused-ring (bicyclic) bond motifs is 1. The molecule has 1 aliphatic carbocycles. The Bertz CT molecular complexity index is 917. The van der Waals surface area contributed by atoms with Crippen LogP contribution in [-0.4, -0.2) is 38.0 Å². The SMILES string of the molecule is COc1cc2c(c(F)c1OC)CC(CC1CCN(Cc3ccc(C)cc3)CC1)C2=O. The Kier molecular flexibility index (Phi) is 6.09. The first-order valence-corrected chi connectivity index (χ1v) is 10.8. The summed E-state index contributed by atoms with van der Waals surface area (Å²) in [5.74, 6) is 0.346. The molecule has 0 spiro atoms. The molecule has 0 bridgehead atoms. The summed E-state index contributed by atoms with van der Waals surface area (Å²) in [4.78, 5) is 15.4. The molecule has 0 radical (unpaired) electrons. The van der Waals surface area contributed by atoms with Crippen molar-refractivity contribution in [3.05, 3.63) is 58.4 Å². The normalized spacial score (nSPS) is 19.7. The van der Waals surface area contributed by atoms with E-state index in [1.807, 2.05) is 0 Å². The molecule has 2 aromatic carbocycles. The molecule has 1 unspecified atom stereocenters. The van der Waals surface area contributed by atoms with Crippen LogP contribution < -0.4 is 9.47 Å². The minimum atomic E-state index is -0.449. The average molecular weight is 412 g/mol. The van der Waals surface area contributed by atoms with Crippen molar-refractivity contribution in [2.75, 3.05) is 27.3 Å². The second kappa shape index (κ2) is 8.76. The van der Waals surface area contributed by atoms with Crippen molar-refractivity contribution in [1.82, 2.24) is 4.90 Å². The number of methoxy groups -OCH3 is 2. The van der Waals surface area contributed by atoms with Gasteiger partial charge in [0.1, 0.15) is 0 Å². The first kappa shape index (κ1) is 20.9. The van der Waals surface area contributed by atoms with Crippen LogP contribution in [0.3, 0.4) is 0 Å². The fourth-order valence-corrected chi connectivity index (χ4v) is 4.89. The Morgan fingerprint density at radius 2 is 1.80 bits per heavy atom. The van der Waals surface area contributed by atoms with Crippen molar-refractivity contribution in [3.8, 4) is 11.5 Å². The standard InChI is InChI=1S/C25H30FNO3/c1-16-4-6-18(7-5-16)15-27-10-8-17(9-11-27)12-19-13-20-21(24(19)28)14-22(29-2)25(30-3)23(20)26/h4-7,14,17,19H,8-13,15H2,1-3H3. The monoisotopic (exact) mass is 411 g/mol. The van der Waals surface area contributed by atoms with E-state index in [-0.39, 0.29) is 23.2 Å². The number of halogens is 1. The summed E-state index contributed by atoms with van der Waals surface area (Å²) in [6, 6.07) is 10.4. The smallest absolute Gasteiger partial charge is 0.197 e. The predicted octanol–water partition coefficient (Wildman–Crippen LogP) is 4.81. The van der Waals surface area contributed by atoms with Crippen LogP contribution in [0.25, 0.3) is 0 Å². The van der Waals surface area contributed by atoms with E-state index < -0.39 is 5.82 Å². The van der Waals surface area contributed by atoms with E-state index in [0.717, 1.165) is 38.9 Å². The highest BCUT2D eigenvalue weighted by Crippen LogP contribution is 2.42. The lowest BCUT2D eigenvalue weighted by Gasteiger charge is -2.33. The maximum absolute atomic E-state index is 14.9. The van der Waals surface area contributed by atoms with E-state index in [4.69, 9.17) is 9.47 Å². The van der Waals surface area contributed by atoms with Crippen LogP contribution in [-0.2, 0) is 13.0 Å². The Labute approximate surface area is 178 Å². The quantitative estimate of drug-likeness (QED) is 0.684. The number of rotatable bonds is 6. The third-order valence-electron chi connectivity index (χ3n) is 6.65. The Balaban J connectivity index is 1.36. The molecule has 2 aliphatic rings. The van der Waals surface area contributed by atoms with Crippen LogP contribution in [0.1, 0.15) is 46.3 Å². The van der Waals surface area contributed by atoms with Gasteiger partial charge in [0.05, 0.1) is 14.2 Å². The van der Waals surface area contributed by atoms with Gasteiger partial charge in [-0.3, -0.25) is 9.69 Å². The highest BCUT2D eigenvalue weighted by molar-refractivity contribution is 6.03. The van der Waals surface area contributed by atoms with Gasteiger partial charge >= 0.3 is 0 Å². The van der Waals surface area contributed by atoms with E-state index in [0.29, 0.717) is 23.5 Å². The topological polar surface area (TPSA) is 38.8 Å². The molecule has 5 heteroatoms. The number of carbonyl (C=O) groups excluding carboxylic acids is 1. The van der Waals surface area contributed by atoms with Crippen molar-refractivity contribution < 1.29 is 18.7 Å². The predicted molar refractivity (Wildman–Crippen MR) is 115 cm³/mol. The van der Waals surface area contributed by atoms with E-state index in [1.165, 1.54) is 25.3 Å². The molecule has 2 aromatic rings. The molecule has 1 saturated heterocycles. The van der Waals surface area contributed by atoms with Crippen molar-refractivity contribution in [2.45, 2.75) is 39.2 Å². The highest BCUT2D eigenvalue weighted by atomic mass is 19.1. The third kappa shape index (κ3) is 4.08. The van der Waals surface area contributed by atoms with Crippen LogP contribution in [0, 0.1) is 24.6 Å². The van der Waals surface area contributed by atoms with E-state index in [2.05, 4.69) is 36.1 Å². The largest absolute Gasteiger partial charge is 0.493 e. The number of likely N-dealkylation sites (tertiary alicyclic amines) is 1. The van der Waals surface area contributed by atoms with Gasteiger partial charge in [-0.1, -0.05) is 29.8 Å². The molecule has 1 aliphatic heterocycles. The van der Waals surface area contributed by atoms with Crippen molar-refractivity contribution >= 4 is 5.78 Å². The fraction of sp³-hybridized carbons (Fsp3) is 0.480. The molecule has 0 N–H and O–H groups in total. The third-order valence-corrected chi connectivity index (χ3v) is 6.65. The molecule has 0 saturated carbocycles. The molecule has 4 nitrogen and oxygen atoms in total. The molecule has 1 heterocycles. The lowest BCUT2D eigenvalue weighted by Crippen LogP contribution is -2.34. The van der Waals surface area contributed by atoms with Crippen LogP contribution in [0.15, 0.2) is 30.3 Å². The van der Waals surface area contributed by atoms with Gasteiger partial charge in [-0.2, -0.15) is 0 Å². The minimum absolute atomic E-state index is 0.0481. The number of carbonyl (C=O) groups is 1. The maximum Gasteiger partial charge on any atom is 0.197 e. The maximum atomic E-state index is 14.9. The molecule has 30 heavy (non-hydrogen) atoms. The first-order valence-electron chi connectivity index (χ1n) is 10.8. The molecule has 4 rings (SSSR count). The van der Waals surface area contributed by atoms with Gasteiger partial charge in [-0.25, -0.2) is 4.39 Å². The zero-order valence-electron chi connectivity index (χ0n) is 18.0. The van der Waals surface area contributed by atoms with Gasteiger partial charge in [0.15, 0.2) is 23.1 Å². The number of Topliss-reactive ketones (excluding diaryl/α,β-unsaturated/α-hetero) is 1. The second-order valence-electron chi connectivity index (χ2n) is 8.66. The molecule has 0 aromatic heterocycles. The zero-order valence-corrected chi connectivity index (χ0v) is 18.0. The van der Waals surface area contributed by atoms with Crippen molar-refractivity contribution in [2.24, 2.45) is 11.8 Å². The Hall–Kier alpha value is -2.40. The number of benzene rings is 2. The van der Waals surface area contributed by atoms with Gasteiger partial charge in [-0.05, 0) is 63.2 Å². The lowest BCUT2D eigenvalue weighted by atomic mass is 9.85. The number of aryl methyl sites for hydroxylation is 1. The van der Waals surface area contributed by atoms with Gasteiger partial charge in [0, 0.05) is 23.6 Å². The number of hydrogen-bond donors (Lipinski definition) is 0. The van der Waals surface area contributed by atoms with Gasteiger partial charge in [0.2, 0.25) is 0 Å². The summed E-state index contributed by atoms with van der Waals surface area (Å²) >= 11 is 0. The minimum Gasteiger partial charge on any atom is -0.493 e. The van der Waals surface area contributed by atoms with Crippen molar-refractivity contribution in [3.63, 3.8) is 0 Å². The number of piperidine rings is 1. The van der Waals surface area contributed by atoms with Crippen molar-refractivity contribution in [1.29, 1.82) is 0 Å². The number of hydrogen-bond acceptors (Lipinski definition) is 4. The van der Waals surface area contributed by atoms with Crippen LogP contribution in [0.5, 0.6) is 11.5 Å². The summed E-state index contributed by atoms with van der Waals surface area (Å²) in [6.45, 7) is 5.17. The second-order valence-corrected chi connectivity index (χ2v) is 8.66. The van der Waals surface area contributed by atoms with Crippen LogP contribution >= 0.6 is 0 Å². The summed E-state index contributed by atoms with van der Waals surface area (Å²) < 4.78 is 25.2. The summed E-state index contributed by atoms with van der Waals surface area (Å²) in [5, 5.41) is 0. The van der Waals surface area contributed by atoms with Crippen LogP contribution in [0.4, 0.5) is 4.39 Å². The average Bonchev–Trinajstić information content (AvgIpc) is 3.07. The number of ketones is 1. The van der Waals surface area contributed by atoms with E-state index in [9.17, 15) is 9.18 Å². The summed E-state index contributed by atoms with van der Waals surface area (Å²) in [6.07, 6.45) is 3.46. The van der Waals surface area contributed by atoms with Gasteiger partial charge in [-0.15, -0.1) is 0 Å². The fourth-order valence-electron chi connectivity index (χ4n) is 4.89. The van der Waals surface area contributed by atoms with Crippen LogP contribution in [0.2, 0.25) is 0 Å². The summed E-state index contributed by atoms with van der Waals surface area (Å²) in [5.41, 5.74) is 3.58. The molecular weight excluding hydrogens is 381 g/mol. The van der Waals surface area contributed by atoms with E-state index >= 15 is 0 Å². The molecular formula is C25H30FNO3. The Morgan fingerprint density at radius 1 is 1.10 bits per heavy atom. The summed E-state index contributed by atoms with van der Waals surface area (Å²) in [7, 11) is 2.89. The molecule has 1 atom stereocenters. The molecule has 160 valence electrons. The van der Waals surface area contributed by atoms with E-state index in [1.54, 1.807) is 6.07 Å². The highest BCUT2D eigenvalue weighted by Gasteiger charge is 2.37. The first-order chi connectivity index (χ1) is 14.5. The number of ether oxygens (including phenoxy) is 2. The molecule has 0 amide bonds. The number of nitrogens with zero attached hydrogens (tertiary/aromatic N) is 1. The Morgan fingerprint density at radius 3 is 2.43 bits per heavy atom. The van der Waals surface area contributed by atoms with Gasteiger partial charge < -0.3 is 9.47 Å². The van der Waals surface area contributed by atoms with Gasteiger partial charge in [0.25, 0.3) is 0 Å². The zero-order chi connectivity index (χ0) is 21.3. The molecule has 1 fully saturated rings.